The van der Waals surface area contributed by atoms with Crippen LogP contribution < -0.4 is 5.56 Å². The number of halogens is 2. The third-order valence-electron chi connectivity index (χ3n) is 6.17. The Morgan fingerprint density at radius 1 is 1.00 bits per heavy atom. The van der Waals surface area contributed by atoms with Crippen molar-refractivity contribution in [3.05, 3.63) is 117 Å². The molecule has 3 aromatic carbocycles. The first-order valence-electron chi connectivity index (χ1n) is 11.1. The monoisotopic (exact) mass is 527 g/mol. The van der Waals surface area contributed by atoms with Gasteiger partial charge in [-0.3, -0.25) is 4.79 Å². The van der Waals surface area contributed by atoms with Crippen LogP contribution in [-0.4, -0.2) is 24.1 Å². The Morgan fingerprint density at radius 2 is 1.80 bits per heavy atom. The van der Waals surface area contributed by atoms with E-state index >= 15 is 4.39 Å². The summed E-state index contributed by atoms with van der Waals surface area (Å²) in [4.78, 5) is 13.4. The standard InChI is InChI=1S/C27H19BrFN5O/c1-17-5-2-3-6-23(17)34-27(35)20-16-32(26-21(28)11-12-22(29)24(26)25(20)31-34)15-18-7-9-19(10-8-18)33-14-4-13-30-33/h2-14,16H,15H2,1H3. The van der Waals surface area contributed by atoms with Crippen molar-refractivity contribution in [3.8, 4) is 22.6 Å². The van der Waals surface area contributed by atoms with E-state index in [4.69, 9.17) is 0 Å². The normalized spacial score (nSPS) is 11.5. The molecule has 2 aliphatic rings. The van der Waals surface area contributed by atoms with Crippen LogP contribution in [0.5, 0.6) is 0 Å². The van der Waals surface area contributed by atoms with Crippen LogP contribution in [0.3, 0.4) is 0 Å². The predicted molar refractivity (Wildman–Crippen MR) is 137 cm³/mol. The number of aryl methyl sites for hydroxylation is 1. The molecule has 172 valence electrons. The van der Waals surface area contributed by atoms with Gasteiger partial charge in [0.25, 0.3) is 5.56 Å². The molecule has 0 bridgehead atoms. The average Bonchev–Trinajstić information content (AvgIpc) is 3.51. The maximum absolute atomic E-state index is 15.3. The first-order chi connectivity index (χ1) is 17.0. The fourth-order valence-electron chi connectivity index (χ4n) is 4.44. The van der Waals surface area contributed by atoms with Crippen molar-refractivity contribution in [2.75, 3.05) is 0 Å². The lowest BCUT2D eigenvalue weighted by molar-refractivity contribution is 0.638. The van der Waals surface area contributed by atoms with Gasteiger partial charge in [-0.05, 0) is 70.4 Å². The van der Waals surface area contributed by atoms with E-state index in [1.165, 1.54) is 10.7 Å². The van der Waals surface area contributed by atoms with E-state index in [1.807, 2.05) is 72.3 Å². The third-order valence-corrected chi connectivity index (χ3v) is 6.81. The zero-order valence-corrected chi connectivity index (χ0v) is 20.3. The van der Waals surface area contributed by atoms with Gasteiger partial charge in [0, 0.05) is 29.6 Å². The molecule has 6 nitrogen and oxygen atoms in total. The molecule has 0 unspecified atom stereocenters. The van der Waals surface area contributed by atoms with Crippen LogP contribution in [0.4, 0.5) is 4.39 Å². The Hall–Kier alpha value is -4.04. The molecule has 0 fully saturated rings. The molecule has 8 heteroatoms. The second-order valence-electron chi connectivity index (χ2n) is 8.39. The Morgan fingerprint density at radius 3 is 2.54 bits per heavy atom. The molecule has 0 spiro atoms. The van der Waals surface area contributed by atoms with E-state index in [9.17, 15) is 4.79 Å². The maximum Gasteiger partial charge on any atom is 0.282 e. The molecule has 35 heavy (non-hydrogen) atoms. The zero-order valence-electron chi connectivity index (χ0n) is 18.7. The molecule has 0 N–H and O–H groups in total. The van der Waals surface area contributed by atoms with E-state index in [-0.39, 0.29) is 5.56 Å². The van der Waals surface area contributed by atoms with E-state index in [0.717, 1.165) is 21.3 Å². The van der Waals surface area contributed by atoms with Crippen LogP contribution in [-0.2, 0) is 6.54 Å². The Kier molecular flexibility index (Phi) is 5.11. The first-order valence-corrected chi connectivity index (χ1v) is 11.9. The van der Waals surface area contributed by atoms with Crippen LogP contribution in [0, 0.1) is 12.7 Å². The molecule has 6 rings (SSSR count). The second-order valence-corrected chi connectivity index (χ2v) is 9.25. The summed E-state index contributed by atoms with van der Waals surface area (Å²) in [6, 6.07) is 20.4. The van der Waals surface area contributed by atoms with Gasteiger partial charge >= 0.3 is 0 Å². The Labute approximate surface area is 208 Å². The Bertz CT molecular complexity index is 1720. The van der Waals surface area contributed by atoms with E-state index in [2.05, 4.69) is 26.1 Å². The average molecular weight is 528 g/mol. The third kappa shape index (κ3) is 3.57. The molecule has 2 aliphatic heterocycles. The minimum absolute atomic E-state index is 0.279. The topological polar surface area (TPSA) is 57.6 Å². The summed E-state index contributed by atoms with van der Waals surface area (Å²) in [5.74, 6) is -0.425. The van der Waals surface area contributed by atoms with Crippen LogP contribution in [0.15, 0.2) is 94.6 Å². The number of para-hydroxylation sites is 1. The van der Waals surface area contributed by atoms with Crippen molar-refractivity contribution >= 4 is 26.8 Å². The number of hydrogen-bond acceptors (Lipinski definition) is 3. The highest BCUT2D eigenvalue weighted by Crippen LogP contribution is 2.35. The van der Waals surface area contributed by atoms with Crippen molar-refractivity contribution in [2.45, 2.75) is 13.5 Å². The van der Waals surface area contributed by atoms with Crippen molar-refractivity contribution in [1.29, 1.82) is 0 Å². The van der Waals surface area contributed by atoms with Gasteiger partial charge in [0.2, 0.25) is 0 Å². The molecule has 0 atom stereocenters. The molecule has 1 aromatic heterocycles. The maximum atomic E-state index is 15.3. The van der Waals surface area contributed by atoms with Crippen LogP contribution in [0.2, 0.25) is 0 Å². The van der Waals surface area contributed by atoms with Gasteiger partial charge in [0.15, 0.2) is 0 Å². The van der Waals surface area contributed by atoms with E-state index in [0.29, 0.717) is 34.4 Å². The summed E-state index contributed by atoms with van der Waals surface area (Å²) in [7, 11) is 0. The predicted octanol–water partition coefficient (Wildman–Crippen LogP) is 5.74. The summed E-state index contributed by atoms with van der Waals surface area (Å²) in [5.41, 5.74) is 4.61. The number of pyridine rings is 1. The van der Waals surface area contributed by atoms with E-state index < -0.39 is 5.82 Å². The minimum atomic E-state index is -0.425. The molecular weight excluding hydrogens is 509 g/mol. The molecule has 0 aliphatic carbocycles. The lowest BCUT2D eigenvalue weighted by Crippen LogP contribution is -2.16. The fraction of sp³-hybridized carbons (Fsp3) is 0.0741. The van der Waals surface area contributed by atoms with Gasteiger partial charge in [-0.1, -0.05) is 30.3 Å². The number of rotatable bonds is 4. The summed E-state index contributed by atoms with van der Waals surface area (Å²) in [6.07, 6.45) is 5.38. The molecular formula is C27H19BrFN5O. The smallest absolute Gasteiger partial charge is 0.282 e. The van der Waals surface area contributed by atoms with E-state index in [1.54, 1.807) is 23.1 Å². The SMILES string of the molecule is Cc1ccccc1-n1nc2c3c(F)ccc(Br)c3n(Cc3ccc(-n4cccn4)cc3)cc-2c1=O. The summed E-state index contributed by atoms with van der Waals surface area (Å²) >= 11 is 3.59. The second kappa shape index (κ2) is 8.32. The minimum Gasteiger partial charge on any atom is -0.341 e. The summed E-state index contributed by atoms with van der Waals surface area (Å²) < 4.78 is 21.0. The molecule has 0 saturated carbocycles. The Balaban J connectivity index is 1.55. The van der Waals surface area contributed by atoms with Gasteiger partial charge < -0.3 is 4.57 Å². The first kappa shape index (κ1) is 21.5. The van der Waals surface area contributed by atoms with Gasteiger partial charge in [0.1, 0.15) is 11.5 Å². The van der Waals surface area contributed by atoms with Crippen molar-refractivity contribution in [1.82, 2.24) is 24.1 Å². The van der Waals surface area contributed by atoms with Crippen molar-refractivity contribution in [2.24, 2.45) is 0 Å². The number of fused-ring (bicyclic) bond motifs is 3. The van der Waals surface area contributed by atoms with Gasteiger partial charge in [-0.15, -0.1) is 0 Å². The number of aromatic nitrogens is 5. The van der Waals surface area contributed by atoms with Crippen LogP contribution in [0.1, 0.15) is 11.1 Å². The van der Waals surface area contributed by atoms with Crippen LogP contribution >= 0.6 is 15.9 Å². The highest BCUT2D eigenvalue weighted by atomic mass is 79.9. The number of nitrogens with zero attached hydrogens (tertiary/aromatic N) is 5. The molecule has 0 saturated heterocycles. The lowest BCUT2D eigenvalue weighted by Gasteiger charge is -2.16. The number of benzene rings is 3. The molecule has 0 amide bonds. The largest absolute Gasteiger partial charge is 0.341 e. The van der Waals surface area contributed by atoms with Gasteiger partial charge in [0.05, 0.1) is 27.8 Å². The molecule has 0 radical (unpaired) electrons. The highest BCUT2D eigenvalue weighted by Gasteiger charge is 2.24. The van der Waals surface area contributed by atoms with Crippen molar-refractivity contribution in [3.63, 3.8) is 0 Å². The highest BCUT2D eigenvalue weighted by molar-refractivity contribution is 9.10. The van der Waals surface area contributed by atoms with Gasteiger partial charge in [-0.25, -0.2) is 9.07 Å². The quantitative estimate of drug-likeness (QED) is 0.294. The molecule has 3 heterocycles. The zero-order chi connectivity index (χ0) is 24.1. The fourth-order valence-corrected chi connectivity index (χ4v) is 5.00. The summed E-state index contributed by atoms with van der Waals surface area (Å²) in [6.45, 7) is 2.37. The summed E-state index contributed by atoms with van der Waals surface area (Å²) in [5, 5.41) is 9.16. The van der Waals surface area contributed by atoms with Crippen molar-refractivity contribution < 1.29 is 4.39 Å². The lowest BCUT2D eigenvalue weighted by atomic mass is 10.1. The number of hydrogen-bond donors (Lipinski definition) is 0. The van der Waals surface area contributed by atoms with Gasteiger partial charge in [-0.2, -0.15) is 14.9 Å². The molecule has 4 aromatic rings. The van der Waals surface area contributed by atoms with Crippen LogP contribution in [0.25, 0.3) is 33.5 Å².